The predicted molar refractivity (Wildman–Crippen MR) is 127 cm³/mol. The third kappa shape index (κ3) is 4.33. The van der Waals surface area contributed by atoms with Crippen LogP contribution in [0.1, 0.15) is 5.76 Å². The second kappa shape index (κ2) is 8.91. The number of furan rings is 1. The van der Waals surface area contributed by atoms with Gasteiger partial charge in [-0.25, -0.2) is 13.2 Å². The monoisotopic (exact) mass is 489 g/mol. The van der Waals surface area contributed by atoms with E-state index in [1.54, 1.807) is 38.6 Å². The first-order chi connectivity index (χ1) is 15.7. The predicted octanol–water partition coefficient (Wildman–Crippen LogP) is 3.58. The molecule has 0 saturated heterocycles. The van der Waals surface area contributed by atoms with Gasteiger partial charge in [0.15, 0.2) is 11.5 Å². The van der Waals surface area contributed by atoms with Gasteiger partial charge in [-0.2, -0.15) is 0 Å². The lowest BCUT2D eigenvalue weighted by Gasteiger charge is -2.15. The Morgan fingerprint density at radius 1 is 1.00 bits per heavy atom. The van der Waals surface area contributed by atoms with Crippen LogP contribution in [-0.2, 0) is 29.9 Å². The molecule has 0 aliphatic carbocycles. The van der Waals surface area contributed by atoms with Gasteiger partial charge in [-0.3, -0.25) is 13.9 Å². The van der Waals surface area contributed by atoms with Gasteiger partial charge in [-0.1, -0.05) is 0 Å². The number of aryl methyl sites for hydroxylation is 2. The van der Waals surface area contributed by atoms with Crippen LogP contribution in [0.4, 0.5) is 5.69 Å². The van der Waals surface area contributed by atoms with E-state index in [1.165, 1.54) is 53.3 Å². The molecule has 0 radical (unpaired) electrons. The van der Waals surface area contributed by atoms with E-state index in [4.69, 9.17) is 13.9 Å². The highest BCUT2D eigenvalue weighted by atomic mass is 32.2. The Morgan fingerprint density at radius 3 is 2.33 bits per heavy atom. The lowest BCUT2D eigenvalue weighted by Crippen LogP contribution is -2.19. The molecule has 0 bridgehead atoms. The molecule has 2 heterocycles. The number of ether oxygens (including phenoxy) is 2. The van der Waals surface area contributed by atoms with Crippen molar-refractivity contribution in [2.75, 3.05) is 18.9 Å². The number of rotatable bonds is 8. The summed E-state index contributed by atoms with van der Waals surface area (Å²) in [6.07, 6.45) is 1.58. The molecule has 2 aromatic carbocycles. The zero-order chi connectivity index (χ0) is 23.8. The van der Waals surface area contributed by atoms with Crippen molar-refractivity contribution in [3.8, 4) is 11.5 Å². The molecule has 9 nitrogen and oxygen atoms in total. The fraction of sp³-hybridized carbons (Fsp3) is 0.227. The van der Waals surface area contributed by atoms with Crippen molar-refractivity contribution in [3.63, 3.8) is 0 Å². The fourth-order valence-electron chi connectivity index (χ4n) is 3.46. The molecule has 0 aliphatic heterocycles. The molecule has 0 atom stereocenters. The minimum atomic E-state index is -3.97. The molecular weight excluding hydrogens is 466 g/mol. The zero-order valence-electron chi connectivity index (χ0n) is 18.5. The third-order valence-electron chi connectivity index (χ3n) is 5.23. The molecular formula is C22H23N3O6S2. The first-order valence-electron chi connectivity index (χ1n) is 9.84. The van der Waals surface area contributed by atoms with Crippen LogP contribution < -0.4 is 19.9 Å². The second-order valence-corrected chi connectivity index (χ2v) is 9.93. The van der Waals surface area contributed by atoms with E-state index < -0.39 is 10.0 Å². The number of hydrogen-bond acceptors (Lipinski definition) is 7. The number of fused-ring (bicyclic) bond motifs is 1. The van der Waals surface area contributed by atoms with Gasteiger partial charge >= 0.3 is 5.69 Å². The molecule has 0 amide bonds. The standard InChI is InChI=1S/C22H23N3O6S2/c1-24-17-11-16(23-33(27,28)15-7-8-19(29-3)20(10-15)30-4)21(12-18(17)25(2)22(24)26)32-13-14-6-5-9-31-14/h5-12,23H,13H2,1-4H3. The lowest BCUT2D eigenvalue weighted by atomic mass is 10.3. The summed E-state index contributed by atoms with van der Waals surface area (Å²) in [5.41, 5.74) is 1.45. The van der Waals surface area contributed by atoms with Gasteiger partial charge in [0.05, 0.1) is 47.9 Å². The molecule has 33 heavy (non-hydrogen) atoms. The first-order valence-corrected chi connectivity index (χ1v) is 12.3. The number of anilines is 1. The quantitative estimate of drug-likeness (QED) is 0.377. The van der Waals surface area contributed by atoms with Gasteiger partial charge in [-0.05, 0) is 36.4 Å². The number of sulfonamides is 1. The van der Waals surface area contributed by atoms with Crippen molar-refractivity contribution in [1.29, 1.82) is 0 Å². The number of nitrogens with one attached hydrogen (secondary N) is 1. The van der Waals surface area contributed by atoms with Crippen molar-refractivity contribution < 1.29 is 22.3 Å². The maximum absolute atomic E-state index is 13.2. The maximum Gasteiger partial charge on any atom is 0.328 e. The van der Waals surface area contributed by atoms with Crippen LogP contribution in [-0.4, -0.2) is 31.8 Å². The minimum Gasteiger partial charge on any atom is -0.493 e. The van der Waals surface area contributed by atoms with Crippen LogP contribution in [0.5, 0.6) is 11.5 Å². The van der Waals surface area contributed by atoms with E-state index in [0.29, 0.717) is 38.9 Å². The van der Waals surface area contributed by atoms with Crippen LogP contribution in [0.15, 0.2) is 67.7 Å². The number of thioether (sulfide) groups is 1. The van der Waals surface area contributed by atoms with E-state index in [-0.39, 0.29) is 10.6 Å². The Balaban J connectivity index is 1.78. The highest BCUT2D eigenvalue weighted by Crippen LogP contribution is 2.36. The summed E-state index contributed by atoms with van der Waals surface area (Å²) in [4.78, 5) is 13.1. The van der Waals surface area contributed by atoms with Crippen LogP contribution in [0.25, 0.3) is 11.0 Å². The van der Waals surface area contributed by atoms with E-state index in [0.717, 1.165) is 5.76 Å². The Kier molecular flexibility index (Phi) is 6.17. The molecule has 0 unspecified atom stereocenters. The van der Waals surface area contributed by atoms with Crippen molar-refractivity contribution in [2.45, 2.75) is 15.5 Å². The summed E-state index contributed by atoms with van der Waals surface area (Å²) < 4.78 is 48.0. The smallest absolute Gasteiger partial charge is 0.328 e. The van der Waals surface area contributed by atoms with Crippen LogP contribution in [0.3, 0.4) is 0 Å². The van der Waals surface area contributed by atoms with Crippen molar-refractivity contribution >= 4 is 38.5 Å². The van der Waals surface area contributed by atoms with Crippen LogP contribution >= 0.6 is 11.8 Å². The fourth-order valence-corrected chi connectivity index (χ4v) is 5.53. The summed E-state index contributed by atoms with van der Waals surface area (Å²) in [6.45, 7) is 0. The minimum absolute atomic E-state index is 0.0178. The summed E-state index contributed by atoms with van der Waals surface area (Å²) in [6, 6.07) is 11.5. The molecule has 4 aromatic rings. The van der Waals surface area contributed by atoms with Gasteiger partial charge in [0.2, 0.25) is 0 Å². The molecule has 2 aromatic heterocycles. The maximum atomic E-state index is 13.2. The molecule has 1 N–H and O–H groups in total. The third-order valence-corrected chi connectivity index (χ3v) is 7.67. The van der Waals surface area contributed by atoms with Crippen molar-refractivity contribution in [1.82, 2.24) is 9.13 Å². The number of nitrogens with zero attached hydrogens (tertiary/aromatic N) is 2. The van der Waals surface area contributed by atoms with E-state index in [2.05, 4.69) is 4.72 Å². The van der Waals surface area contributed by atoms with Crippen LogP contribution in [0.2, 0.25) is 0 Å². The lowest BCUT2D eigenvalue weighted by molar-refractivity contribution is 0.354. The van der Waals surface area contributed by atoms with Gasteiger partial charge in [0, 0.05) is 25.1 Å². The zero-order valence-corrected chi connectivity index (χ0v) is 20.1. The van der Waals surface area contributed by atoms with E-state index in [9.17, 15) is 13.2 Å². The van der Waals surface area contributed by atoms with Gasteiger partial charge in [0.1, 0.15) is 5.76 Å². The normalized spacial score (nSPS) is 11.6. The SMILES string of the molecule is COc1ccc(S(=O)(=O)Nc2cc3c(cc2SCc2ccco2)n(C)c(=O)n3C)cc1OC. The number of hydrogen-bond donors (Lipinski definition) is 1. The molecule has 0 fully saturated rings. The topological polar surface area (TPSA) is 105 Å². The second-order valence-electron chi connectivity index (χ2n) is 7.23. The number of aromatic nitrogens is 2. The summed E-state index contributed by atoms with van der Waals surface area (Å²) in [7, 11) is 2.28. The average Bonchev–Trinajstić information content (AvgIpc) is 3.40. The molecule has 11 heteroatoms. The number of benzene rings is 2. The molecule has 174 valence electrons. The Hall–Kier alpha value is -3.31. The number of imidazole rings is 1. The number of methoxy groups -OCH3 is 2. The van der Waals surface area contributed by atoms with Crippen molar-refractivity contribution in [2.24, 2.45) is 14.1 Å². The average molecular weight is 490 g/mol. The highest BCUT2D eigenvalue weighted by molar-refractivity contribution is 7.98. The largest absolute Gasteiger partial charge is 0.493 e. The summed E-state index contributed by atoms with van der Waals surface area (Å²) in [5.74, 6) is 1.96. The van der Waals surface area contributed by atoms with Gasteiger partial charge in [0.25, 0.3) is 10.0 Å². The highest BCUT2D eigenvalue weighted by Gasteiger charge is 2.21. The Labute approximate surface area is 195 Å². The Morgan fingerprint density at radius 2 is 1.70 bits per heavy atom. The first kappa shape index (κ1) is 22.9. The molecule has 0 spiro atoms. The molecule has 0 saturated carbocycles. The summed E-state index contributed by atoms with van der Waals surface area (Å²) in [5, 5.41) is 0. The van der Waals surface area contributed by atoms with Crippen LogP contribution in [0, 0.1) is 0 Å². The van der Waals surface area contributed by atoms with E-state index >= 15 is 0 Å². The summed E-state index contributed by atoms with van der Waals surface area (Å²) >= 11 is 1.40. The molecule has 4 rings (SSSR count). The van der Waals surface area contributed by atoms with Crippen molar-refractivity contribution in [3.05, 3.63) is 65.0 Å². The van der Waals surface area contributed by atoms with Gasteiger partial charge < -0.3 is 13.9 Å². The molecule has 0 aliphatic rings. The van der Waals surface area contributed by atoms with E-state index in [1.807, 2.05) is 6.07 Å². The van der Waals surface area contributed by atoms with Gasteiger partial charge in [-0.15, -0.1) is 11.8 Å². The Bertz CT molecular complexity index is 1470.